The zero-order valence-corrected chi connectivity index (χ0v) is 14.6. The molecule has 88 valence electrons. The van der Waals surface area contributed by atoms with Crippen LogP contribution in [0, 0.1) is 0 Å². The molecule has 0 aromatic rings. The van der Waals surface area contributed by atoms with Crippen LogP contribution in [0.25, 0.3) is 0 Å². The second-order valence-electron chi connectivity index (χ2n) is 2.42. The smallest absolute Gasteiger partial charge is 0.0708 e. The molecular weight excluding hydrogens is 374 g/mol. The molecule has 0 aromatic carbocycles. The fourth-order valence-electron chi connectivity index (χ4n) is 0.539. The van der Waals surface area contributed by atoms with Gasteiger partial charge in [0.1, 0.15) is 0 Å². The monoisotopic (exact) mass is 390 g/mol. The van der Waals surface area contributed by atoms with Crippen molar-refractivity contribution in [3.05, 3.63) is 0 Å². The van der Waals surface area contributed by atoms with Crippen LogP contribution in [0.2, 0.25) is 4.37 Å². The Kier molecular flexibility index (Phi) is 29.1. The molecule has 0 aliphatic carbocycles. The maximum Gasteiger partial charge on any atom is -0.0708 e. The number of rotatable bonds is 4. The molecule has 0 rings (SSSR count). The topological polar surface area (TPSA) is 52.0 Å². The summed E-state index contributed by atoms with van der Waals surface area (Å²) in [4.78, 5) is 0. The van der Waals surface area contributed by atoms with Gasteiger partial charge in [0.15, 0.2) is 0 Å². The van der Waals surface area contributed by atoms with Crippen LogP contribution in [-0.2, 0) is 25.3 Å². The summed E-state index contributed by atoms with van der Waals surface area (Å²) in [6, 6.07) is 0. The van der Waals surface area contributed by atoms with E-state index < -0.39 is 0 Å². The molecule has 4 N–H and O–H groups in total. The first-order chi connectivity index (χ1) is 6.88. The van der Waals surface area contributed by atoms with E-state index in [9.17, 15) is 0 Å². The minimum atomic E-state index is 0.0833. The van der Waals surface area contributed by atoms with Crippen LogP contribution in [0.5, 0.6) is 0 Å². The molecule has 0 bridgehead atoms. The fraction of sp³-hybridized carbons (Fsp3) is 0.750. The summed E-state index contributed by atoms with van der Waals surface area (Å²) in [6.45, 7) is 2.25. The third-order valence-electron chi connectivity index (χ3n) is 1.01. The molecule has 0 amide bonds. The molecule has 0 unspecified atom stereocenters. The Morgan fingerprint density at radius 2 is 1.40 bits per heavy atom. The molecule has 0 fully saturated rings. The van der Waals surface area contributed by atoms with Crippen molar-refractivity contribution in [2.75, 3.05) is 0 Å². The molecule has 2 nitrogen and oxygen atoms in total. The normalized spacial score (nSPS) is 7.53. The molecule has 0 aromatic heterocycles. The fourth-order valence-corrected chi connectivity index (χ4v) is 1.18. The minimum absolute atomic E-state index is 0.0833. The van der Waals surface area contributed by atoms with Crippen LogP contribution >= 0.6 is 24.4 Å². The Morgan fingerprint density at radius 1 is 1.07 bits per heavy atom. The van der Waals surface area contributed by atoms with Crippen molar-refractivity contribution in [2.24, 2.45) is 11.5 Å². The van der Waals surface area contributed by atoms with E-state index in [2.05, 4.69) is 68.1 Å². The Bertz CT molecular complexity index is 132. The number of hydrogen-bond acceptors (Lipinski definition) is 4. The first kappa shape index (κ1) is 21.3. The summed E-state index contributed by atoms with van der Waals surface area (Å²) >= 11 is 18.5. The second-order valence-corrected chi connectivity index (χ2v) is 5.97. The summed E-state index contributed by atoms with van der Waals surface area (Å²) in [5.41, 5.74) is 9.31. The van der Waals surface area contributed by atoms with E-state index in [4.69, 9.17) is 0 Å². The van der Waals surface area contributed by atoms with Crippen molar-refractivity contribution in [1.82, 2.24) is 0 Å². The Balaban J connectivity index is -0.000000155. The zero-order chi connectivity index (χ0) is 12.7. The summed E-state index contributed by atoms with van der Waals surface area (Å²) in [6.07, 6.45) is 5.70. The summed E-state index contributed by atoms with van der Waals surface area (Å²) < 4.78 is 1.58. The average Bonchev–Trinajstić information content (AvgIpc) is 2.03. The summed E-state index contributed by atoms with van der Waals surface area (Å²) in [5.74, 6) is 0. The van der Waals surface area contributed by atoms with Crippen molar-refractivity contribution < 1.29 is 0 Å². The summed E-state index contributed by atoms with van der Waals surface area (Å²) in [5, 5.41) is 0. The summed E-state index contributed by atoms with van der Waals surface area (Å²) in [7, 11) is 0. The molecule has 0 aliphatic heterocycles. The second kappa shape index (κ2) is 20.5. The van der Waals surface area contributed by atoms with E-state index in [1.807, 2.05) is 23.0 Å². The van der Waals surface area contributed by atoms with Gasteiger partial charge in [0.25, 0.3) is 0 Å². The van der Waals surface area contributed by atoms with Gasteiger partial charge in [-0.25, -0.2) is 0 Å². The zero-order valence-electron chi connectivity index (χ0n) is 8.77. The van der Waals surface area contributed by atoms with Crippen LogP contribution < -0.4 is 11.5 Å². The maximum atomic E-state index is 4.66. The molecule has 0 heterocycles. The molecule has 0 aliphatic rings. The van der Waals surface area contributed by atoms with Gasteiger partial charge < -0.3 is 61.2 Å². The van der Waals surface area contributed by atoms with Gasteiger partial charge in [-0.05, 0) is 0 Å². The largest absolute Gasteiger partial charge is 0.415 e. The molecule has 0 atom stereocenters. The predicted molar refractivity (Wildman–Crippen MR) is 83.0 cm³/mol. The molecule has 2 radical (unpaired) electrons. The molecule has 7 heteroatoms. The quantitative estimate of drug-likeness (QED) is 0.330. The Labute approximate surface area is 129 Å². The van der Waals surface area contributed by atoms with E-state index in [0.717, 1.165) is 0 Å². The first-order valence-corrected chi connectivity index (χ1v) is 7.86. The van der Waals surface area contributed by atoms with E-state index in [1.54, 1.807) is 0 Å². The van der Waals surface area contributed by atoms with Crippen LogP contribution in [-0.4, -0.2) is 31.7 Å². The average molecular weight is 391 g/mol. The van der Waals surface area contributed by atoms with E-state index in [1.165, 1.54) is 30.1 Å². The maximum absolute atomic E-state index is 4.66. The van der Waals surface area contributed by atoms with Crippen LogP contribution in [0.1, 0.15) is 32.6 Å². The van der Waals surface area contributed by atoms with E-state index in [-0.39, 0.29) is 8.64 Å². The van der Waals surface area contributed by atoms with Crippen molar-refractivity contribution in [3.8, 4) is 0 Å². The van der Waals surface area contributed by atoms with Crippen LogP contribution in [0.3, 0.4) is 0 Å². The third-order valence-corrected chi connectivity index (χ3v) is 1.91. The van der Waals surface area contributed by atoms with Crippen molar-refractivity contribution in [2.45, 2.75) is 37.0 Å². The van der Waals surface area contributed by atoms with Gasteiger partial charge in [-0.15, -0.1) is 0 Å². The number of thiocarbonyl (C=S) groups is 2. The van der Waals surface area contributed by atoms with E-state index >= 15 is 0 Å². The Morgan fingerprint density at radius 3 is 1.60 bits per heavy atom. The van der Waals surface area contributed by atoms with Gasteiger partial charge in [-0.2, -0.15) is 0 Å². The van der Waals surface area contributed by atoms with Gasteiger partial charge in [0.05, 0.1) is 0 Å². The first-order valence-electron chi connectivity index (χ1n) is 4.42. The van der Waals surface area contributed by atoms with Crippen LogP contribution in [0.15, 0.2) is 0 Å². The molecule has 0 spiro atoms. The number of hydrogen-bond donors (Lipinski definition) is 2. The number of nitrogens with two attached hydrogens (primary N) is 2. The number of unbranched alkanes of at least 4 members (excludes halogenated alkanes) is 3. The third kappa shape index (κ3) is 101. The van der Waals surface area contributed by atoms with Crippen LogP contribution in [0.4, 0.5) is 0 Å². The Hall–Kier alpha value is 1.04. The molecule has 15 heavy (non-hydrogen) atoms. The SMILES string of the molecule is CCCCC[CH2][Sb+2].NC(=S)[S-].NC(=S)[S-]. The minimum Gasteiger partial charge on any atom is -0.415 e. The van der Waals surface area contributed by atoms with Crippen molar-refractivity contribution in [1.29, 1.82) is 0 Å². The van der Waals surface area contributed by atoms with Gasteiger partial charge in [0.2, 0.25) is 0 Å². The van der Waals surface area contributed by atoms with Gasteiger partial charge in [-0.1, -0.05) is 8.64 Å². The molecule has 0 saturated carbocycles. The molecule has 0 saturated heterocycles. The standard InChI is InChI=1S/C6H13.2CH3NS2.Sb/c1-3-5-6-4-2;2*2-1(3)4;/h1,3-6H2,2H3;2*(H3,2,3,4);/q;;;+2/p-2. The molecular formula is C8H17N2S4Sb. The van der Waals surface area contributed by atoms with Gasteiger partial charge in [0, 0.05) is 0 Å². The predicted octanol–water partition coefficient (Wildman–Crippen LogP) is 1.71. The van der Waals surface area contributed by atoms with Gasteiger partial charge in [-0.3, -0.25) is 0 Å². The van der Waals surface area contributed by atoms with Crippen molar-refractivity contribution >= 4 is 81.4 Å². The van der Waals surface area contributed by atoms with Crippen molar-refractivity contribution in [3.63, 3.8) is 0 Å². The van der Waals surface area contributed by atoms with Gasteiger partial charge >= 0.3 is 60.0 Å². The van der Waals surface area contributed by atoms with E-state index in [0.29, 0.717) is 0 Å².